The van der Waals surface area contributed by atoms with Gasteiger partial charge in [0.1, 0.15) is 24.3 Å². The van der Waals surface area contributed by atoms with Gasteiger partial charge in [-0.05, 0) is 19.1 Å². The lowest BCUT2D eigenvalue weighted by atomic mass is 10.2. The van der Waals surface area contributed by atoms with E-state index in [1.807, 2.05) is 25.1 Å². The fraction of sp³-hybridized carbons (Fsp3) is 0.154. The summed E-state index contributed by atoms with van der Waals surface area (Å²) in [5, 5.41) is 12.7. The molecule has 0 spiro atoms. The molecule has 0 aliphatic rings. The SMILES string of the molecule is CCNc1cc(-c2ccnc(Nc3ncn[nH]3)c2)ncn1. The van der Waals surface area contributed by atoms with Crippen LogP contribution in [0.5, 0.6) is 0 Å². The zero-order valence-electron chi connectivity index (χ0n) is 11.4. The summed E-state index contributed by atoms with van der Waals surface area (Å²) in [6.45, 7) is 2.83. The molecule has 0 radical (unpaired) electrons. The molecule has 0 bridgehead atoms. The van der Waals surface area contributed by atoms with Crippen LogP contribution in [0.4, 0.5) is 17.6 Å². The van der Waals surface area contributed by atoms with Crippen LogP contribution in [0.2, 0.25) is 0 Å². The number of nitrogens with one attached hydrogen (secondary N) is 3. The van der Waals surface area contributed by atoms with Crippen LogP contribution in [-0.2, 0) is 0 Å². The standard InChI is InChI=1S/C13H14N8/c1-2-14-11-6-10(16-7-17-11)9-3-4-15-12(5-9)20-13-18-8-19-21-13/h3-8H,2H2,1H3,(H,14,16,17)(H2,15,18,19,20,21). The van der Waals surface area contributed by atoms with Gasteiger partial charge in [-0.15, -0.1) is 0 Å². The van der Waals surface area contributed by atoms with Gasteiger partial charge in [-0.25, -0.2) is 20.1 Å². The Hall–Kier alpha value is -3.03. The van der Waals surface area contributed by atoms with Crippen LogP contribution in [0, 0.1) is 0 Å². The molecule has 3 rings (SSSR count). The molecule has 0 saturated carbocycles. The van der Waals surface area contributed by atoms with E-state index in [2.05, 4.69) is 40.8 Å². The van der Waals surface area contributed by atoms with E-state index in [4.69, 9.17) is 0 Å². The first kappa shape index (κ1) is 13.0. The minimum absolute atomic E-state index is 0.538. The van der Waals surface area contributed by atoms with Crippen molar-refractivity contribution in [3.05, 3.63) is 37.1 Å². The number of aromatic amines is 1. The number of aromatic nitrogens is 6. The number of H-pyrrole nitrogens is 1. The van der Waals surface area contributed by atoms with Crippen LogP contribution in [0.25, 0.3) is 11.3 Å². The fourth-order valence-electron chi connectivity index (χ4n) is 1.84. The van der Waals surface area contributed by atoms with Gasteiger partial charge in [0.2, 0.25) is 5.95 Å². The molecule has 3 heterocycles. The van der Waals surface area contributed by atoms with Crippen molar-refractivity contribution < 1.29 is 0 Å². The second kappa shape index (κ2) is 5.95. The van der Waals surface area contributed by atoms with Gasteiger partial charge < -0.3 is 10.6 Å². The zero-order valence-corrected chi connectivity index (χ0v) is 11.4. The molecule has 8 nitrogen and oxygen atoms in total. The summed E-state index contributed by atoms with van der Waals surface area (Å²) in [6, 6.07) is 5.68. The molecule has 0 atom stereocenters. The number of pyridine rings is 1. The molecule has 21 heavy (non-hydrogen) atoms. The molecule has 3 aromatic rings. The van der Waals surface area contributed by atoms with Gasteiger partial charge >= 0.3 is 0 Å². The van der Waals surface area contributed by atoms with E-state index in [0.717, 1.165) is 23.6 Å². The highest BCUT2D eigenvalue weighted by Gasteiger charge is 2.04. The minimum atomic E-state index is 0.538. The highest BCUT2D eigenvalue weighted by atomic mass is 15.3. The molecule has 0 amide bonds. The van der Waals surface area contributed by atoms with Crippen LogP contribution in [-0.4, -0.2) is 36.7 Å². The van der Waals surface area contributed by atoms with Crippen LogP contribution in [0.15, 0.2) is 37.1 Å². The zero-order chi connectivity index (χ0) is 14.5. The van der Waals surface area contributed by atoms with Crippen molar-refractivity contribution in [2.24, 2.45) is 0 Å². The molecule has 0 unspecified atom stereocenters. The molecule has 3 aromatic heterocycles. The van der Waals surface area contributed by atoms with E-state index in [1.165, 1.54) is 12.7 Å². The highest BCUT2D eigenvalue weighted by molar-refractivity contribution is 5.66. The minimum Gasteiger partial charge on any atom is -0.370 e. The Bertz CT molecular complexity index is 710. The lowest BCUT2D eigenvalue weighted by Gasteiger charge is -2.06. The molecule has 3 N–H and O–H groups in total. The number of rotatable bonds is 5. The largest absolute Gasteiger partial charge is 0.370 e. The maximum atomic E-state index is 4.29. The number of nitrogens with zero attached hydrogens (tertiary/aromatic N) is 5. The molecular weight excluding hydrogens is 268 g/mol. The topological polar surface area (TPSA) is 104 Å². The second-order valence-corrected chi connectivity index (χ2v) is 4.21. The Labute approximate surface area is 121 Å². The quantitative estimate of drug-likeness (QED) is 0.655. The van der Waals surface area contributed by atoms with Crippen LogP contribution >= 0.6 is 0 Å². The van der Waals surface area contributed by atoms with Crippen molar-refractivity contribution >= 4 is 17.6 Å². The van der Waals surface area contributed by atoms with E-state index in [0.29, 0.717) is 11.8 Å². The van der Waals surface area contributed by atoms with Gasteiger partial charge in [-0.1, -0.05) is 0 Å². The number of hydrogen-bond donors (Lipinski definition) is 3. The summed E-state index contributed by atoms with van der Waals surface area (Å²) in [5.74, 6) is 1.99. The van der Waals surface area contributed by atoms with Gasteiger partial charge in [0.05, 0.1) is 5.69 Å². The molecule has 0 fully saturated rings. The lowest BCUT2D eigenvalue weighted by Crippen LogP contribution is -2.00. The highest BCUT2D eigenvalue weighted by Crippen LogP contribution is 2.21. The van der Waals surface area contributed by atoms with E-state index in [9.17, 15) is 0 Å². The van der Waals surface area contributed by atoms with Crippen LogP contribution < -0.4 is 10.6 Å². The summed E-state index contributed by atoms with van der Waals surface area (Å²) < 4.78 is 0. The Morgan fingerprint density at radius 1 is 1.05 bits per heavy atom. The third kappa shape index (κ3) is 3.11. The first-order valence-corrected chi connectivity index (χ1v) is 6.50. The second-order valence-electron chi connectivity index (χ2n) is 4.21. The van der Waals surface area contributed by atoms with Crippen molar-refractivity contribution in [3.8, 4) is 11.3 Å². The van der Waals surface area contributed by atoms with Gasteiger partial charge in [0.25, 0.3) is 0 Å². The van der Waals surface area contributed by atoms with Crippen molar-refractivity contribution in [2.45, 2.75) is 6.92 Å². The maximum Gasteiger partial charge on any atom is 0.224 e. The average Bonchev–Trinajstić information content (AvgIpc) is 3.01. The average molecular weight is 282 g/mol. The molecule has 0 saturated heterocycles. The lowest BCUT2D eigenvalue weighted by molar-refractivity contribution is 1.09. The maximum absolute atomic E-state index is 4.29. The van der Waals surface area contributed by atoms with E-state index in [-0.39, 0.29) is 0 Å². The molecule has 8 heteroatoms. The predicted molar refractivity (Wildman–Crippen MR) is 79.1 cm³/mol. The van der Waals surface area contributed by atoms with Gasteiger partial charge in [0, 0.05) is 24.4 Å². The van der Waals surface area contributed by atoms with Gasteiger partial charge in [0.15, 0.2) is 0 Å². The van der Waals surface area contributed by atoms with Crippen molar-refractivity contribution in [1.29, 1.82) is 0 Å². The molecule has 0 aromatic carbocycles. The number of hydrogen-bond acceptors (Lipinski definition) is 7. The Morgan fingerprint density at radius 2 is 2.00 bits per heavy atom. The first-order valence-electron chi connectivity index (χ1n) is 6.50. The van der Waals surface area contributed by atoms with E-state index in [1.54, 1.807) is 6.20 Å². The Morgan fingerprint density at radius 3 is 2.81 bits per heavy atom. The first-order chi connectivity index (χ1) is 10.3. The van der Waals surface area contributed by atoms with Gasteiger partial charge in [-0.3, -0.25) is 0 Å². The molecule has 0 aliphatic heterocycles. The van der Waals surface area contributed by atoms with Crippen molar-refractivity contribution in [3.63, 3.8) is 0 Å². The summed E-state index contributed by atoms with van der Waals surface area (Å²) in [4.78, 5) is 16.7. The van der Waals surface area contributed by atoms with E-state index >= 15 is 0 Å². The Kier molecular flexibility index (Phi) is 3.68. The normalized spacial score (nSPS) is 10.3. The molecule has 106 valence electrons. The molecule has 0 aliphatic carbocycles. The summed E-state index contributed by atoms with van der Waals surface area (Å²) in [7, 11) is 0. The third-order valence-corrected chi connectivity index (χ3v) is 2.74. The summed E-state index contributed by atoms with van der Waals surface area (Å²) in [6.07, 6.45) is 4.68. The van der Waals surface area contributed by atoms with E-state index < -0.39 is 0 Å². The summed E-state index contributed by atoms with van der Waals surface area (Å²) in [5.41, 5.74) is 1.76. The Balaban J connectivity index is 1.87. The third-order valence-electron chi connectivity index (χ3n) is 2.74. The summed E-state index contributed by atoms with van der Waals surface area (Å²) >= 11 is 0. The van der Waals surface area contributed by atoms with Crippen molar-refractivity contribution in [2.75, 3.05) is 17.2 Å². The predicted octanol–water partition coefficient (Wildman–Crippen LogP) is 1.83. The van der Waals surface area contributed by atoms with Crippen LogP contribution in [0.3, 0.4) is 0 Å². The number of anilines is 3. The fourth-order valence-corrected chi connectivity index (χ4v) is 1.84. The molecular formula is C13H14N8. The van der Waals surface area contributed by atoms with Gasteiger partial charge in [-0.2, -0.15) is 10.1 Å². The smallest absolute Gasteiger partial charge is 0.224 e. The van der Waals surface area contributed by atoms with Crippen LogP contribution in [0.1, 0.15) is 6.92 Å². The van der Waals surface area contributed by atoms with Crippen molar-refractivity contribution in [1.82, 2.24) is 30.1 Å². The monoisotopic (exact) mass is 282 g/mol.